The van der Waals surface area contributed by atoms with Gasteiger partial charge in [-0.15, -0.1) is 0 Å². The molecule has 0 radical (unpaired) electrons. The Labute approximate surface area is 113 Å². The summed E-state index contributed by atoms with van der Waals surface area (Å²) in [6.45, 7) is 0.112. The first-order valence-electron chi connectivity index (χ1n) is 6.38. The summed E-state index contributed by atoms with van der Waals surface area (Å²) in [7, 11) is -1.59. The van der Waals surface area contributed by atoms with E-state index in [0.29, 0.717) is 12.8 Å². The maximum atomic E-state index is 12.2. The van der Waals surface area contributed by atoms with E-state index in [4.69, 9.17) is 5.11 Å². The number of aliphatic carboxylic acids is 1. The number of carbonyl (C=O) groups is 2. The highest BCUT2D eigenvalue weighted by Crippen LogP contribution is 2.31. The van der Waals surface area contributed by atoms with Crippen LogP contribution in [0.25, 0.3) is 0 Å². The van der Waals surface area contributed by atoms with Crippen LogP contribution < -0.4 is 0 Å². The third-order valence-corrected chi connectivity index (χ3v) is 4.50. The molecule has 0 unspecified atom stereocenters. The summed E-state index contributed by atoms with van der Waals surface area (Å²) < 4.78 is 22.2. The Kier molecular flexibility index (Phi) is 5.34. The van der Waals surface area contributed by atoms with Gasteiger partial charge in [-0.3, -0.25) is 9.59 Å². The van der Waals surface area contributed by atoms with Crippen LogP contribution in [-0.4, -0.2) is 55.9 Å². The van der Waals surface area contributed by atoms with Crippen LogP contribution in [0.5, 0.6) is 0 Å². The second-order valence-corrected chi connectivity index (χ2v) is 7.49. The van der Waals surface area contributed by atoms with E-state index in [0.717, 1.165) is 19.1 Å². The summed E-state index contributed by atoms with van der Waals surface area (Å²) >= 11 is 0. The number of rotatable bonds is 5. The SMILES string of the molecule is CN(CCS(C)(=O)=O)C(=O)[C@@H]1CCCC[C@@H]1C(=O)O. The molecule has 1 N–H and O–H groups in total. The van der Waals surface area contributed by atoms with Gasteiger partial charge >= 0.3 is 5.97 Å². The fourth-order valence-electron chi connectivity index (χ4n) is 2.42. The maximum absolute atomic E-state index is 12.2. The van der Waals surface area contributed by atoms with E-state index in [9.17, 15) is 18.0 Å². The lowest BCUT2D eigenvalue weighted by Gasteiger charge is -2.30. The predicted octanol–water partition coefficient (Wildman–Crippen LogP) is 0.380. The second kappa shape index (κ2) is 6.36. The van der Waals surface area contributed by atoms with Crippen LogP contribution in [0.4, 0.5) is 0 Å². The Bertz CT molecular complexity index is 445. The molecule has 0 aromatic heterocycles. The van der Waals surface area contributed by atoms with Crippen LogP contribution in [0.2, 0.25) is 0 Å². The summed E-state index contributed by atoms with van der Waals surface area (Å²) in [6.07, 6.45) is 3.88. The zero-order chi connectivity index (χ0) is 14.6. The van der Waals surface area contributed by atoms with Crippen molar-refractivity contribution < 1.29 is 23.1 Å². The van der Waals surface area contributed by atoms with Crippen LogP contribution >= 0.6 is 0 Å². The van der Waals surface area contributed by atoms with E-state index in [1.807, 2.05) is 0 Å². The molecular weight excluding hydrogens is 270 g/mol. The number of amides is 1. The molecule has 1 rings (SSSR count). The highest BCUT2D eigenvalue weighted by Gasteiger charge is 2.37. The van der Waals surface area contributed by atoms with E-state index in [-0.39, 0.29) is 18.2 Å². The quantitative estimate of drug-likeness (QED) is 0.790. The second-order valence-electron chi connectivity index (χ2n) is 5.23. The van der Waals surface area contributed by atoms with Gasteiger partial charge < -0.3 is 10.0 Å². The van der Waals surface area contributed by atoms with Gasteiger partial charge in [-0.05, 0) is 12.8 Å². The van der Waals surface area contributed by atoms with Gasteiger partial charge in [-0.2, -0.15) is 0 Å². The van der Waals surface area contributed by atoms with Crippen molar-refractivity contribution in [2.45, 2.75) is 25.7 Å². The van der Waals surface area contributed by atoms with Gasteiger partial charge in [0.15, 0.2) is 0 Å². The van der Waals surface area contributed by atoms with Crippen molar-refractivity contribution >= 4 is 21.7 Å². The first-order chi connectivity index (χ1) is 8.72. The minimum Gasteiger partial charge on any atom is -0.481 e. The zero-order valence-electron chi connectivity index (χ0n) is 11.3. The maximum Gasteiger partial charge on any atom is 0.307 e. The Morgan fingerprint density at radius 3 is 2.21 bits per heavy atom. The number of hydrogen-bond acceptors (Lipinski definition) is 4. The van der Waals surface area contributed by atoms with E-state index < -0.39 is 27.6 Å². The van der Waals surface area contributed by atoms with Gasteiger partial charge in [0.1, 0.15) is 9.84 Å². The largest absolute Gasteiger partial charge is 0.481 e. The molecule has 0 aromatic carbocycles. The molecule has 0 bridgehead atoms. The summed E-state index contributed by atoms with van der Waals surface area (Å²) in [5.41, 5.74) is 0. The van der Waals surface area contributed by atoms with Gasteiger partial charge in [-0.25, -0.2) is 8.42 Å². The molecule has 1 fully saturated rings. The first-order valence-corrected chi connectivity index (χ1v) is 8.44. The number of nitrogens with zero attached hydrogens (tertiary/aromatic N) is 1. The lowest BCUT2D eigenvalue weighted by Crippen LogP contribution is -2.42. The van der Waals surface area contributed by atoms with E-state index in [2.05, 4.69) is 0 Å². The molecule has 2 atom stereocenters. The summed E-state index contributed by atoms with van der Waals surface area (Å²) in [5.74, 6) is -2.44. The molecule has 110 valence electrons. The topological polar surface area (TPSA) is 91.8 Å². The summed E-state index contributed by atoms with van der Waals surface area (Å²) in [4.78, 5) is 24.7. The molecule has 0 aromatic rings. The van der Waals surface area contributed by atoms with Gasteiger partial charge in [0.2, 0.25) is 5.91 Å². The fraction of sp³-hybridized carbons (Fsp3) is 0.833. The lowest BCUT2D eigenvalue weighted by atomic mass is 9.78. The van der Waals surface area contributed by atoms with Crippen molar-refractivity contribution in [2.24, 2.45) is 11.8 Å². The van der Waals surface area contributed by atoms with Crippen molar-refractivity contribution in [3.05, 3.63) is 0 Å². The number of sulfone groups is 1. The number of hydrogen-bond donors (Lipinski definition) is 1. The molecule has 1 saturated carbocycles. The lowest BCUT2D eigenvalue weighted by molar-refractivity contribution is -0.151. The van der Waals surface area contributed by atoms with Crippen LogP contribution in [0.3, 0.4) is 0 Å². The van der Waals surface area contributed by atoms with Gasteiger partial charge in [0, 0.05) is 19.8 Å². The molecule has 1 amide bonds. The Morgan fingerprint density at radius 2 is 1.74 bits per heavy atom. The van der Waals surface area contributed by atoms with Crippen LogP contribution in [-0.2, 0) is 19.4 Å². The van der Waals surface area contributed by atoms with Crippen molar-refractivity contribution in [3.63, 3.8) is 0 Å². The third kappa shape index (κ3) is 4.81. The van der Waals surface area contributed by atoms with Gasteiger partial charge in [0.05, 0.1) is 17.6 Å². The molecule has 0 spiro atoms. The number of carboxylic acid groups (broad SMARTS) is 1. The smallest absolute Gasteiger partial charge is 0.307 e. The number of carboxylic acids is 1. The van der Waals surface area contributed by atoms with Crippen LogP contribution in [0.1, 0.15) is 25.7 Å². The van der Waals surface area contributed by atoms with Crippen LogP contribution in [0, 0.1) is 11.8 Å². The average Bonchev–Trinajstić information content (AvgIpc) is 2.34. The monoisotopic (exact) mass is 291 g/mol. The molecule has 0 heterocycles. The average molecular weight is 291 g/mol. The molecule has 6 nitrogen and oxygen atoms in total. The predicted molar refractivity (Wildman–Crippen MR) is 70.4 cm³/mol. The van der Waals surface area contributed by atoms with Gasteiger partial charge in [0.25, 0.3) is 0 Å². The van der Waals surface area contributed by atoms with Crippen molar-refractivity contribution in [1.29, 1.82) is 0 Å². The van der Waals surface area contributed by atoms with E-state index in [1.165, 1.54) is 11.9 Å². The van der Waals surface area contributed by atoms with Crippen molar-refractivity contribution in [3.8, 4) is 0 Å². The fourth-order valence-corrected chi connectivity index (χ4v) is 3.02. The summed E-state index contributed by atoms with van der Waals surface area (Å²) in [5, 5.41) is 9.13. The van der Waals surface area contributed by atoms with E-state index >= 15 is 0 Å². The molecule has 1 aliphatic carbocycles. The van der Waals surface area contributed by atoms with Crippen molar-refractivity contribution in [2.75, 3.05) is 25.6 Å². The zero-order valence-corrected chi connectivity index (χ0v) is 12.1. The first kappa shape index (κ1) is 15.9. The van der Waals surface area contributed by atoms with Crippen LogP contribution in [0.15, 0.2) is 0 Å². The highest BCUT2D eigenvalue weighted by molar-refractivity contribution is 7.90. The minimum absolute atomic E-state index is 0.0975. The molecule has 19 heavy (non-hydrogen) atoms. The minimum atomic E-state index is -3.12. The normalized spacial score (nSPS) is 23.9. The molecular formula is C12H21NO5S. The Hall–Kier alpha value is -1.11. The number of carbonyl (C=O) groups excluding carboxylic acids is 1. The molecule has 0 aliphatic heterocycles. The Balaban J connectivity index is 2.66. The standard InChI is InChI=1S/C12H21NO5S/c1-13(7-8-19(2,17)18)11(14)9-5-3-4-6-10(9)12(15)16/h9-10H,3-8H2,1-2H3,(H,15,16)/t9-,10+/m1/s1. The van der Waals surface area contributed by atoms with E-state index in [1.54, 1.807) is 0 Å². The highest BCUT2D eigenvalue weighted by atomic mass is 32.2. The molecule has 1 aliphatic rings. The summed E-state index contributed by atoms with van der Waals surface area (Å²) in [6, 6.07) is 0. The van der Waals surface area contributed by atoms with Crippen molar-refractivity contribution in [1.82, 2.24) is 4.90 Å². The third-order valence-electron chi connectivity index (χ3n) is 3.57. The molecule has 0 saturated heterocycles. The van der Waals surface area contributed by atoms with Gasteiger partial charge in [-0.1, -0.05) is 12.8 Å². The molecule has 7 heteroatoms. The Morgan fingerprint density at radius 1 is 1.21 bits per heavy atom.